The molecule has 4 nitrogen and oxygen atoms in total. The number of carboxylic acid groups (broad SMARTS) is 1. The zero-order chi connectivity index (χ0) is 15.2. The highest BCUT2D eigenvalue weighted by Crippen LogP contribution is 2.25. The third-order valence-electron chi connectivity index (χ3n) is 3.88. The van der Waals surface area contributed by atoms with E-state index in [2.05, 4.69) is 5.32 Å². The summed E-state index contributed by atoms with van der Waals surface area (Å²) in [5.41, 5.74) is 1.19. The predicted octanol–water partition coefficient (Wildman–Crippen LogP) is 2.54. The monoisotopic (exact) mass is 277 g/mol. The molecule has 0 bridgehead atoms. The molecular formula is C16H23NO3. The van der Waals surface area contributed by atoms with Crippen molar-refractivity contribution in [2.24, 2.45) is 5.41 Å². The molecular weight excluding hydrogens is 254 g/mol. The lowest BCUT2D eigenvalue weighted by atomic mass is 9.82. The fraction of sp³-hybridized carbons (Fsp3) is 0.500. The average molecular weight is 277 g/mol. The lowest BCUT2D eigenvalue weighted by molar-refractivity contribution is -0.149. The van der Waals surface area contributed by atoms with E-state index in [1.54, 1.807) is 0 Å². The number of benzene rings is 1. The van der Waals surface area contributed by atoms with E-state index in [1.165, 1.54) is 0 Å². The number of carbonyl (C=O) groups is 2. The minimum atomic E-state index is -0.859. The van der Waals surface area contributed by atoms with Crippen molar-refractivity contribution in [3.8, 4) is 0 Å². The van der Waals surface area contributed by atoms with E-state index in [4.69, 9.17) is 0 Å². The van der Waals surface area contributed by atoms with Gasteiger partial charge in [0.15, 0.2) is 0 Å². The summed E-state index contributed by atoms with van der Waals surface area (Å²) in [6.45, 7) is 5.83. The number of carboxylic acids is 1. The van der Waals surface area contributed by atoms with Gasteiger partial charge in [-0.25, -0.2) is 0 Å². The van der Waals surface area contributed by atoms with Gasteiger partial charge in [-0.3, -0.25) is 9.59 Å². The van der Waals surface area contributed by atoms with Crippen molar-refractivity contribution < 1.29 is 14.7 Å². The van der Waals surface area contributed by atoms with Crippen molar-refractivity contribution in [2.75, 3.05) is 6.54 Å². The molecule has 110 valence electrons. The van der Waals surface area contributed by atoms with E-state index in [-0.39, 0.29) is 18.9 Å². The second-order valence-electron chi connectivity index (χ2n) is 5.24. The van der Waals surface area contributed by atoms with E-state index in [0.717, 1.165) is 11.1 Å². The summed E-state index contributed by atoms with van der Waals surface area (Å²) in [6, 6.07) is 7.75. The van der Waals surface area contributed by atoms with Gasteiger partial charge in [-0.15, -0.1) is 0 Å². The minimum absolute atomic E-state index is 0.136. The van der Waals surface area contributed by atoms with Crippen molar-refractivity contribution in [3.05, 3.63) is 35.4 Å². The van der Waals surface area contributed by atoms with Gasteiger partial charge in [0.05, 0.1) is 11.8 Å². The van der Waals surface area contributed by atoms with Crippen LogP contribution in [0, 0.1) is 12.3 Å². The number of rotatable bonds is 7. The molecule has 1 rings (SSSR count). The second kappa shape index (κ2) is 7.08. The summed E-state index contributed by atoms with van der Waals surface area (Å²) in [4.78, 5) is 23.3. The molecule has 0 aliphatic rings. The maximum absolute atomic E-state index is 11.9. The van der Waals surface area contributed by atoms with Gasteiger partial charge in [0, 0.05) is 6.54 Å². The molecule has 2 N–H and O–H groups in total. The fourth-order valence-electron chi connectivity index (χ4n) is 2.22. The molecule has 0 atom stereocenters. The standard InChI is InChI=1S/C16H23NO3/c1-4-16(5-2,15(19)20)11-17-14(18)10-13-8-6-7-12(3)9-13/h6-9H,4-5,10-11H2,1-3H3,(H,17,18)(H,19,20). The van der Waals surface area contributed by atoms with Crippen LogP contribution in [0.1, 0.15) is 37.8 Å². The molecule has 20 heavy (non-hydrogen) atoms. The normalized spacial score (nSPS) is 11.2. The SMILES string of the molecule is CCC(CC)(CNC(=O)Cc1cccc(C)c1)C(=O)O. The van der Waals surface area contributed by atoms with Crippen molar-refractivity contribution in [2.45, 2.75) is 40.0 Å². The smallest absolute Gasteiger partial charge is 0.311 e. The molecule has 0 saturated heterocycles. The van der Waals surface area contributed by atoms with Crippen LogP contribution in [-0.2, 0) is 16.0 Å². The van der Waals surface area contributed by atoms with Crippen LogP contribution in [0.15, 0.2) is 24.3 Å². The Hall–Kier alpha value is -1.84. The Balaban J connectivity index is 2.61. The third kappa shape index (κ3) is 4.08. The molecule has 4 heteroatoms. The van der Waals surface area contributed by atoms with E-state index in [0.29, 0.717) is 12.8 Å². The molecule has 1 aromatic rings. The summed E-state index contributed by atoms with van der Waals surface area (Å²) >= 11 is 0. The fourth-order valence-corrected chi connectivity index (χ4v) is 2.22. The summed E-state index contributed by atoms with van der Waals surface area (Å²) in [5, 5.41) is 12.1. The van der Waals surface area contributed by atoms with Crippen LogP contribution >= 0.6 is 0 Å². The van der Waals surface area contributed by atoms with Crippen LogP contribution in [0.2, 0.25) is 0 Å². The number of hydrogen-bond donors (Lipinski definition) is 2. The molecule has 0 fully saturated rings. The molecule has 0 radical (unpaired) electrons. The second-order valence-corrected chi connectivity index (χ2v) is 5.24. The van der Waals surface area contributed by atoms with E-state index >= 15 is 0 Å². The van der Waals surface area contributed by atoms with Gasteiger partial charge >= 0.3 is 5.97 Å². The number of carbonyl (C=O) groups excluding carboxylic acids is 1. The van der Waals surface area contributed by atoms with Crippen LogP contribution in [0.3, 0.4) is 0 Å². The average Bonchev–Trinajstić information content (AvgIpc) is 2.40. The van der Waals surface area contributed by atoms with Crippen LogP contribution in [-0.4, -0.2) is 23.5 Å². The van der Waals surface area contributed by atoms with Gasteiger partial charge in [-0.1, -0.05) is 43.7 Å². The van der Waals surface area contributed by atoms with Gasteiger partial charge in [-0.05, 0) is 25.3 Å². The lowest BCUT2D eigenvalue weighted by Crippen LogP contribution is -2.42. The number of amides is 1. The number of aliphatic carboxylic acids is 1. The Bertz CT molecular complexity index is 478. The molecule has 1 aromatic carbocycles. The van der Waals surface area contributed by atoms with Gasteiger partial charge in [-0.2, -0.15) is 0 Å². The van der Waals surface area contributed by atoms with Gasteiger partial charge in [0.1, 0.15) is 0 Å². The van der Waals surface area contributed by atoms with Crippen molar-refractivity contribution in [1.29, 1.82) is 0 Å². The maximum Gasteiger partial charge on any atom is 0.311 e. The van der Waals surface area contributed by atoms with E-state index in [9.17, 15) is 14.7 Å². The molecule has 0 aliphatic heterocycles. The van der Waals surface area contributed by atoms with Crippen molar-refractivity contribution >= 4 is 11.9 Å². The van der Waals surface area contributed by atoms with Crippen LogP contribution in [0.25, 0.3) is 0 Å². The first kappa shape index (κ1) is 16.2. The van der Waals surface area contributed by atoms with Crippen molar-refractivity contribution in [1.82, 2.24) is 5.32 Å². The summed E-state index contributed by atoms with van der Waals surface area (Å²) in [7, 11) is 0. The molecule has 0 aromatic heterocycles. The molecule has 0 spiro atoms. The molecule has 0 unspecified atom stereocenters. The van der Waals surface area contributed by atoms with E-state index < -0.39 is 11.4 Å². The van der Waals surface area contributed by atoms with Gasteiger partial charge in [0.25, 0.3) is 0 Å². The highest BCUT2D eigenvalue weighted by molar-refractivity contribution is 5.80. The minimum Gasteiger partial charge on any atom is -0.481 e. The van der Waals surface area contributed by atoms with Crippen LogP contribution in [0.4, 0.5) is 0 Å². The first-order chi connectivity index (χ1) is 9.43. The Morgan fingerprint density at radius 3 is 2.40 bits per heavy atom. The third-order valence-corrected chi connectivity index (χ3v) is 3.88. The Labute approximate surface area is 120 Å². The van der Waals surface area contributed by atoms with Crippen LogP contribution in [0.5, 0.6) is 0 Å². The molecule has 1 amide bonds. The Kier molecular flexibility index (Phi) is 5.74. The topological polar surface area (TPSA) is 66.4 Å². The Morgan fingerprint density at radius 2 is 1.90 bits per heavy atom. The number of hydrogen-bond acceptors (Lipinski definition) is 2. The largest absolute Gasteiger partial charge is 0.481 e. The lowest BCUT2D eigenvalue weighted by Gasteiger charge is -2.26. The predicted molar refractivity (Wildman–Crippen MR) is 78.5 cm³/mol. The highest BCUT2D eigenvalue weighted by Gasteiger charge is 2.34. The van der Waals surface area contributed by atoms with Gasteiger partial charge < -0.3 is 10.4 Å². The van der Waals surface area contributed by atoms with E-state index in [1.807, 2.05) is 45.0 Å². The number of aryl methyl sites for hydroxylation is 1. The van der Waals surface area contributed by atoms with Crippen LogP contribution < -0.4 is 5.32 Å². The van der Waals surface area contributed by atoms with Crippen molar-refractivity contribution in [3.63, 3.8) is 0 Å². The molecule has 0 aliphatic carbocycles. The first-order valence-electron chi connectivity index (χ1n) is 6.99. The molecule has 0 saturated carbocycles. The van der Waals surface area contributed by atoms with Gasteiger partial charge in [0.2, 0.25) is 5.91 Å². The molecule has 0 heterocycles. The highest BCUT2D eigenvalue weighted by atomic mass is 16.4. The summed E-state index contributed by atoms with van der Waals surface area (Å²) < 4.78 is 0. The maximum atomic E-state index is 11.9. The zero-order valence-electron chi connectivity index (χ0n) is 12.4. The Morgan fingerprint density at radius 1 is 1.25 bits per heavy atom. The first-order valence-corrected chi connectivity index (χ1v) is 6.99. The summed E-state index contributed by atoms with van der Waals surface area (Å²) in [6.07, 6.45) is 1.29. The summed E-state index contributed by atoms with van der Waals surface area (Å²) in [5.74, 6) is -0.985. The zero-order valence-corrected chi connectivity index (χ0v) is 12.4. The quantitative estimate of drug-likeness (QED) is 0.805. The number of nitrogens with one attached hydrogen (secondary N) is 1.